The summed E-state index contributed by atoms with van der Waals surface area (Å²) in [6.45, 7) is 0.760. The van der Waals surface area contributed by atoms with Crippen LogP contribution in [0.4, 0.5) is 5.69 Å². The molecule has 0 radical (unpaired) electrons. The van der Waals surface area contributed by atoms with Crippen molar-refractivity contribution in [3.8, 4) is 0 Å². The molecule has 2 aliphatic heterocycles. The Bertz CT molecular complexity index is 512. The van der Waals surface area contributed by atoms with Gasteiger partial charge < -0.3 is 10.1 Å². The Morgan fingerprint density at radius 2 is 2.21 bits per heavy atom. The van der Waals surface area contributed by atoms with Crippen LogP contribution < -0.4 is 5.32 Å². The molecule has 2 heterocycles. The zero-order valence-electron chi connectivity index (χ0n) is 10.4. The second kappa shape index (κ2) is 5.31. The number of alkyl halides is 1. The Morgan fingerprint density at radius 3 is 2.95 bits per heavy atom. The Labute approximate surface area is 122 Å². The molecule has 1 aromatic carbocycles. The minimum Gasteiger partial charge on any atom is -0.376 e. The maximum absolute atomic E-state index is 11.4. The van der Waals surface area contributed by atoms with Gasteiger partial charge in [-0.1, -0.05) is 17.7 Å². The van der Waals surface area contributed by atoms with Gasteiger partial charge in [0.2, 0.25) is 5.91 Å². The van der Waals surface area contributed by atoms with Crippen LogP contribution in [0.15, 0.2) is 12.1 Å². The highest BCUT2D eigenvalue weighted by molar-refractivity contribution is 6.33. The lowest BCUT2D eigenvalue weighted by atomic mass is 9.98. The third-order valence-corrected chi connectivity index (χ3v) is 4.53. The molecule has 2 aliphatic rings. The first-order valence-corrected chi connectivity index (χ1v) is 7.34. The van der Waals surface area contributed by atoms with E-state index >= 15 is 0 Å². The minimum absolute atomic E-state index is 0.00301. The number of anilines is 1. The average molecular weight is 300 g/mol. The highest BCUT2D eigenvalue weighted by Crippen LogP contribution is 2.39. The fraction of sp³-hybridized carbons (Fsp3) is 0.500. The van der Waals surface area contributed by atoms with Crippen molar-refractivity contribution < 1.29 is 9.53 Å². The summed E-state index contributed by atoms with van der Waals surface area (Å²) >= 11 is 12.8. The van der Waals surface area contributed by atoms with Gasteiger partial charge in [-0.3, -0.25) is 4.79 Å². The number of nitrogens with one attached hydrogen (secondary N) is 1. The zero-order valence-corrected chi connectivity index (χ0v) is 11.9. The molecule has 3 nitrogen and oxygen atoms in total. The Hall–Kier alpha value is -0.770. The van der Waals surface area contributed by atoms with E-state index in [1.165, 1.54) is 0 Å². The molecular formula is C14H15Cl2NO2. The van der Waals surface area contributed by atoms with Crippen molar-refractivity contribution in [3.63, 3.8) is 0 Å². The largest absolute Gasteiger partial charge is 0.376 e. The van der Waals surface area contributed by atoms with Gasteiger partial charge in [0.05, 0.1) is 17.9 Å². The monoisotopic (exact) mass is 299 g/mol. The maximum atomic E-state index is 11.4. The van der Waals surface area contributed by atoms with Crippen LogP contribution in [0, 0.1) is 0 Å². The van der Waals surface area contributed by atoms with Crippen molar-refractivity contribution >= 4 is 34.8 Å². The minimum atomic E-state index is -0.256. The number of fused-ring (bicyclic) bond motifs is 1. The first-order chi connectivity index (χ1) is 9.15. The van der Waals surface area contributed by atoms with E-state index in [2.05, 4.69) is 5.32 Å². The molecule has 2 atom stereocenters. The highest BCUT2D eigenvalue weighted by atomic mass is 35.5. The SMILES string of the molecule is O=C1Cc2cc(C(Cl)C3CCCCO3)c(Cl)cc2N1. The first kappa shape index (κ1) is 13.2. The van der Waals surface area contributed by atoms with Crippen LogP contribution in [0.3, 0.4) is 0 Å². The van der Waals surface area contributed by atoms with E-state index in [1.807, 2.05) is 6.07 Å². The summed E-state index contributed by atoms with van der Waals surface area (Å²) in [6, 6.07) is 3.72. The number of carbonyl (C=O) groups excluding carboxylic acids is 1. The molecular weight excluding hydrogens is 285 g/mol. The summed E-state index contributed by atoms with van der Waals surface area (Å²) in [5.74, 6) is 0.00301. The summed E-state index contributed by atoms with van der Waals surface area (Å²) < 4.78 is 5.72. The molecule has 2 unspecified atom stereocenters. The molecule has 3 rings (SSSR count). The molecule has 0 bridgehead atoms. The smallest absolute Gasteiger partial charge is 0.228 e. The van der Waals surface area contributed by atoms with Crippen LogP contribution in [-0.4, -0.2) is 18.6 Å². The molecule has 0 saturated carbocycles. The van der Waals surface area contributed by atoms with Gasteiger partial charge in [-0.15, -0.1) is 11.6 Å². The molecule has 1 N–H and O–H groups in total. The van der Waals surface area contributed by atoms with E-state index in [9.17, 15) is 4.79 Å². The number of carbonyl (C=O) groups is 1. The predicted octanol–water partition coefficient (Wildman–Crippen LogP) is 3.68. The molecule has 1 saturated heterocycles. The first-order valence-electron chi connectivity index (χ1n) is 6.53. The number of hydrogen-bond acceptors (Lipinski definition) is 2. The fourth-order valence-electron chi connectivity index (χ4n) is 2.68. The second-order valence-electron chi connectivity index (χ2n) is 5.06. The van der Waals surface area contributed by atoms with Crippen LogP contribution in [0.5, 0.6) is 0 Å². The molecule has 102 valence electrons. The lowest BCUT2D eigenvalue weighted by molar-refractivity contribution is -0.115. The number of ether oxygens (including phenoxy) is 1. The molecule has 1 fully saturated rings. The fourth-order valence-corrected chi connectivity index (χ4v) is 3.39. The van der Waals surface area contributed by atoms with Crippen molar-refractivity contribution in [2.24, 2.45) is 0 Å². The van der Waals surface area contributed by atoms with E-state index < -0.39 is 0 Å². The van der Waals surface area contributed by atoms with Gasteiger partial charge in [-0.25, -0.2) is 0 Å². The lowest BCUT2D eigenvalue weighted by Gasteiger charge is -2.27. The Balaban J connectivity index is 1.88. The number of hydrogen-bond donors (Lipinski definition) is 1. The summed E-state index contributed by atoms with van der Waals surface area (Å²) in [7, 11) is 0. The summed E-state index contributed by atoms with van der Waals surface area (Å²) in [6.07, 6.45) is 3.59. The van der Waals surface area contributed by atoms with Gasteiger partial charge in [-0.05, 0) is 36.5 Å². The van der Waals surface area contributed by atoms with Crippen LogP contribution in [0.2, 0.25) is 5.02 Å². The number of amides is 1. The maximum Gasteiger partial charge on any atom is 0.228 e. The molecule has 5 heteroatoms. The normalized spacial score (nSPS) is 23.9. The Kier molecular flexibility index (Phi) is 3.70. The van der Waals surface area contributed by atoms with Crippen molar-refractivity contribution in [1.29, 1.82) is 0 Å². The van der Waals surface area contributed by atoms with Crippen LogP contribution in [0.25, 0.3) is 0 Å². The average Bonchev–Trinajstić information content (AvgIpc) is 2.77. The lowest BCUT2D eigenvalue weighted by Crippen LogP contribution is -2.23. The summed E-state index contributed by atoms with van der Waals surface area (Å²) in [5.41, 5.74) is 2.63. The van der Waals surface area contributed by atoms with Gasteiger partial charge >= 0.3 is 0 Å². The summed E-state index contributed by atoms with van der Waals surface area (Å²) in [5, 5.41) is 3.12. The van der Waals surface area contributed by atoms with Gasteiger partial charge in [-0.2, -0.15) is 0 Å². The van der Waals surface area contributed by atoms with E-state index in [1.54, 1.807) is 6.07 Å². The number of benzene rings is 1. The third-order valence-electron chi connectivity index (χ3n) is 3.69. The van der Waals surface area contributed by atoms with E-state index in [0.717, 1.165) is 42.7 Å². The van der Waals surface area contributed by atoms with Gasteiger partial charge in [0.1, 0.15) is 0 Å². The predicted molar refractivity (Wildman–Crippen MR) is 76.0 cm³/mol. The van der Waals surface area contributed by atoms with Crippen molar-refractivity contribution in [2.75, 3.05) is 11.9 Å². The number of rotatable bonds is 2. The van der Waals surface area contributed by atoms with Crippen LogP contribution >= 0.6 is 23.2 Å². The molecule has 1 amide bonds. The third kappa shape index (κ3) is 2.60. The van der Waals surface area contributed by atoms with Crippen molar-refractivity contribution in [2.45, 2.75) is 37.2 Å². The zero-order chi connectivity index (χ0) is 13.4. The molecule has 19 heavy (non-hydrogen) atoms. The molecule has 1 aromatic rings. The topological polar surface area (TPSA) is 38.3 Å². The highest BCUT2D eigenvalue weighted by Gasteiger charge is 2.28. The summed E-state index contributed by atoms with van der Waals surface area (Å²) in [4.78, 5) is 11.4. The molecule has 0 aliphatic carbocycles. The van der Waals surface area contributed by atoms with Gasteiger partial charge in [0.25, 0.3) is 0 Å². The molecule has 0 spiro atoms. The quantitative estimate of drug-likeness (QED) is 0.846. The molecule has 0 aromatic heterocycles. The van der Waals surface area contributed by atoms with Crippen molar-refractivity contribution in [1.82, 2.24) is 0 Å². The number of halogens is 2. The van der Waals surface area contributed by atoms with Crippen molar-refractivity contribution in [3.05, 3.63) is 28.3 Å². The van der Waals surface area contributed by atoms with E-state index in [0.29, 0.717) is 11.4 Å². The van der Waals surface area contributed by atoms with E-state index in [-0.39, 0.29) is 17.4 Å². The van der Waals surface area contributed by atoms with Crippen LogP contribution in [-0.2, 0) is 16.0 Å². The second-order valence-corrected chi connectivity index (χ2v) is 5.94. The van der Waals surface area contributed by atoms with Crippen LogP contribution in [0.1, 0.15) is 35.8 Å². The van der Waals surface area contributed by atoms with Gasteiger partial charge in [0.15, 0.2) is 0 Å². The van der Waals surface area contributed by atoms with E-state index in [4.69, 9.17) is 27.9 Å². The Morgan fingerprint density at radius 1 is 1.37 bits per heavy atom. The van der Waals surface area contributed by atoms with Gasteiger partial charge in [0, 0.05) is 17.3 Å². The standard InChI is InChI=1S/C14H15Cl2NO2/c15-10-7-11-8(6-13(18)17-11)5-9(10)14(16)12-3-1-2-4-19-12/h5,7,12,14H,1-4,6H2,(H,17,18).